The van der Waals surface area contributed by atoms with Gasteiger partial charge in [-0.05, 0) is 41.3 Å². The van der Waals surface area contributed by atoms with Gasteiger partial charge in [-0.1, -0.05) is 24.3 Å². The van der Waals surface area contributed by atoms with E-state index in [1.807, 2.05) is 12.1 Å². The summed E-state index contributed by atoms with van der Waals surface area (Å²) in [6.45, 7) is 1.33. The third-order valence-electron chi connectivity index (χ3n) is 3.74. The van der Waals surface area contributed by atoms with Gasteiger partial charge in [0.15, 0.2) is 0 Å². The van der Waals surface area contributed by atoms with Crippen molar-refractivity contribution in [3.8, 4) is 5.75 Å². The number of fused-ring (bicyclic) bond motifs is 1. The SMILES string of the molecule is O=C(Cc1cccc(F)c1)NCCc1ccc2c(c1)CCO2. The van der Waals surface area contributed by atoms with Crippen LogP contribution in [-0.4, -0.2) is 19.1 Å². The fraction of sp³-hybridized carbons (Fsp3) is 0.278. The number of hydrogen-bond acceptors (Lipinski definition) is 2. The lowest BCUT2D eigenvalue weighted by Gasteiger charge is -2.07. The minimum Gasteiger partial charge on any atom is -0.493 e. The summed E-state index contributed by atoms with van der Waals surface area (Å²) in [7, 11) is 0. The van der Waals surface area contributed by atoms with Crippen molar-refractivity contribution in [2.45, 2.75) is 19.3 Å². The van der Waals surface area contributed by atoms with Crippen LogP contribution in [0.3, 0.4) is 0 Å². The molecule has 0 unspecified atom stereocenters. The Morgan fingerprint density at radius 3 is 2.95 bits per heavy atom. The van der Waals surface area contributed by atoms with Crippen LogP contribution < -0.4 is 10.1 Å². The van der Waals surface area contributed by atoms with E-state index in [0.717, 1.165) is 25.2 Å². The first-order valence-electron chi connectivity index (χ1n) is 7.46. The molecule has 3 rings (SSSR count). The van der Waals surface area contributed by atoms with Gasteiger partial charge in [0.25, 0.3) is 0 Å². The second kappa shape index (κ2) is 6.60. The number of halogens is 1. The van der Waals surface area contributed by atoms with E-state index in [1.54, 1.807) is 12.1 Å². The van der Waals surface area contributed by atoms with Crippen LogP contribution >= 0.6 is 0 Å². The fourth-order valence-electron chi connectivity index (χ4n) is 2.64. The zero-order valence-electron chi connectivity index (χ0n) is 12.3. The number of benzene rings is 2. The van der Waals surface area contributed by atoms with E-state index in [9.17, 15) is 9.18 Å². The summed E-state index contributed by atoms with van der Waals surface area (Å²) in [4.78, 5) is 11.8. The lowest BCUT2D eigenvalue weighted by molar-refractivity contribution is -0.120. The quantitative estimate of drug-likeness (QED) is 0.922. The van der Waals surface area contributed by atoms with E-state index < -0.39 is 0 Å². The average Bonchev–Trinajstić information content (AvgIpc) is 2.95. The molecule has 0 radical (unpaired) electrons. The van der Waals surface area contributed by atoms with Crippen molar-refractivity contribution in [1.82, 2.24) is 5.32 Å². The van der Waals surface area contributed by atoms with E-state index >= 15 is 0 Å². The summed E-state index contributed by atoms with van der Waals surface area (Å²) in [6, 6.07) is 12.3. The molecule has 0 aromatic heterocycles. The highest BCUT2D eigenvalue weighted by atomic mass is 19.1. The van der Waals surface area contributed by atoms with E-state index in [-0.39, 0.29) is 18.1 Å². The summed E-state index contributed by atoms with van der Waals surface area (Å²) >= 11 is 0. The van der Waals surface area contributed by atoms with Crippen LogP contribution in [0, 0.1) is 5.82 Å². The molecule has 0 fully saturated rings. The molecule has 1 heterocycles. The molecule has 1 N–H and O–H groups in total. The van der Waals surface area contributed by atoms with Crippen LogP contribution in [-0.2, 0) is 24.1 Å². The predicted molar refractivity (Wildman–Crippen MR) is 82.5 cm³/mol. The maximum atomic E-state index is 13.1. The number of ether oxygens (including phenoxy) is 1. The van der Waals surface area contributed by atoms with Crippen LogP contribution in [0.1, 0.15) is 16.7 Å². The van der Waals surface area contributed by atoms with Crippen molar-refractivity contribution in [2.75, 3.05) is 13.2 Å². The Morgan fingerprint density at radius 1 is 1.18 bits per heavy atom. The molecule has 0 bridgehead atoms. The minimum absolute atomic E-state index is 0.0879. The van der Waals surface area contributed by atoms with Crippen LogP contribution in [0.5, 0.6) is 5.75 Å². The maximum absolute atomic E-state index is 13.1. The summed E-state index contributed by atoms with van der Waals surface area (Å²) in [5, 5.41) is 2.87. The Labute approximate surface area is 129 Å². The lowest BCUT2D eigenvalue weighted by atomic mass is 10.1. The van der Waals surface area contributed by atoms with Crippen molar-refractivity contribution in [1.29, 1.82) is 0 Å². The normalized spacial score (nSPS) is 12.6. The number of rotatable bonds is 5. The third kappa shape index (κ3) is 3.64. The van der Waals surface area contributed by atoms with Gasteiger partial charge in [-0.3, -0.25) is 4.79 Å². The molecule has 1 amide bonds. The first kappa shape index (κ1) is 14.6. The Balaban J connectivity index is 1.47. The van der Waals surface area contributed by atoms with Crippen molar-refractivity contribution < 1.29 is 13.9 Å². The van der Waals surface area contributed by atoms with E-state index in [1.165, 1.54) is 23.3 Å². The molecule has 0 atom stereocenters. The molecule has 0 saturated heterocycles. The number of carbonyl (C=O) groups excluding carboxylic acids is 1. The zero-order valence-corrected chi connectivity index (χ0v) is 12.3. The van der Waals surface area contributed by atoms with Gasteiger partial charge >= 0.3 is 0 Å². The largest absolute Gasteiger partial charge is 0.493 e. The molecule has 22 heavy (non-hydrogen) atoms. The highest BCUT2D eigenvalue weighted by Gasteiger charge is 2.12. The van der Waals surface area contributed by atoms with Crippen LogP contribution in [0.25, 0.3) is 0 Å². The molecule has 1 aliphatic rings. The topological polar surface area (TPSA) is 38.3 Å². The van der Waals surface area contributed by atoms with Gasteiger partial charge in [0, 0.05) is 13.0 Å². The van der Waals surface area contributed by atoms with Crippen molar-refractivity contribution in [3.63, 3.8) is 0 Å². The van der Waals surface area contributed by atoms with Gasteiger partial charge in [-0.15, -0.1) is 0 Å². The molecule has 1 aliphatic heterocycles. The molecular formula is C18H18FNO2. The molecule has 4 heteroatoms. The molecule has 0 aliphatic carbocycles. The van der Waals surface area contributed by atoms with Gasteiger partial charge in [0.1, 0.15) is 11.6 Å². The number of hydrogen-bond donors (Lipinski definition) is 1. The van der Waals surface area contributed by atoms with Crippen molar-refractivity contribution >= 4 is 5.91 Å². The molecule has 0 saturated carbocycles. The first-order chi connectivity index (χ1) is 10.7. The fourth-order valence-corrected chi connectivity index (χ4v) is 2.64. The molecule has 2 aromatic carbocycles. The second-order valence-corrected chi connectivity index (χ2v) is 5.45. The highest BCUT2D eigenvalue weighted by Crippen LogP contribution is 2.25. The van der Waals surface area contributed by atoms with Gasteiger partial charge < -0.3 is 10.1 Å². The molecule has 3 nitrogen and oxygen atoms in total. The smallest absolute Gasteiger partial charge is 0.224 e. The highest BCUT2D eigenvalue weighted by molar-refractivity contribution is 5.78. The Bertz CT molecular complexity index is 685. The summed E-state index contributed by atoms with van der Waals surface area (Å²) in [6.07, 6.45) is 1.94. The lowest BCUT2D eigenvalue weighted by Crippen LogP contribution is -2.27. The predicted octanol–water partition coefficient (Wildman–Crippen LogP) is 2.66. The van der Waals surface area contributed by atoms with Crippen molar-refractivity contribution in [2.24, 2.45) is 0 Å². The van der Waals surface area contributed by atoms with Gasteiger partial charge in [0.2, 0.25) is 5.91 Å². The summed E-state index contributed by atoms with van der Waals surface area (Å²) in [5.41, 5.74) is 3.12. The van der Waals surface area contributed by atoms with Crippen molar-refractivity contribution in [3.05, 3.63) is 65.0 Å². The first-order valence-corrected chi connectivity index (χ1v) is 7.46. The van der Waals surface area contributed by atoms with Gasteiger partial charge in [-0.25, -0.2) is 4.39 Å². The monoisotopic (exact) mass is 299 g/mol. The van der Waals surface area contributed by atoms with E-state index in [0.29, 0.717) is 12.1 Å². The standard InChI is InChI=1S/C18H18FNO2/c19-16-3-1-2-14(11-16)12-18(21)20-8-6-13-4-5-17-15(10-13)7-9-22-17/h1-5,10-11H,6-9,12H2,(H,20,21). The summed E-state index contributed by atoms with van der Waals surface area (Å²) < 4.78 is 18.5. The van der Waals surface area contributed by atoms with E-state index in [2.05, 4.69) is 11.4 Å². The zero-order chi connectivity index (χ0) is 15.4. The average molecular weight is 299 g/mol. The van der Waals surface area contributed by atoms with E-state index in [4.69, 9.17) is 4.74 Å². The summed E-state index contributed by atoms with van der Waals surface area (Å²) in [5.74, 6) is 0.569. The Kier molecular flexibility index (Phi) is 4.37. The Hall–Kier alpha value is -2.36. The number of carbonyl (C=O) groups is 1. The molecule has 0 spiro atoms. The second-order valence-electron chi connectivity index (χ2n) is 5.45. The molecular weight excluding hydrogens is 281 g/mol. The number of nitrogens with one attached hydrogen (secondary N) is 1. The van der Waals surface area contributed by atoms with Crippen LogP contribution in [0.15, 0.2) is 42.5 Å². The van der Waals surface area contributed by atoms with Gasteiger partial charge in [-0.2, -0.15) is 0 Å². The molecule has 114 valence electrons. The minimum atomic E-state index is -0.314. The van der Waals surface area contributed by atoms with Crippen LogP contribution in [0.4, 0.5) is 4.39 Å². The molecule has 2 aromatic rings. The van der Waals surface area contributed by atoms with Crippen LogP contribution in [0.2, 0.25) is 0 Å². The third-order valence-corrected chi connectivity index (χ3v) is 3.74. The van der Waals surface area contributed by atoms with Gasteiger partial charge in [0.05, 0.1) is 13.0 Å². The Morgan fingerprint density at radius 2 is 2.09 bits per heavy atom. The maximum Gasteiger partial charge on any atom is 0.224 e. The number of amides is 1.